The molecule has 0 radical (unpaired) electrons. The van der Waals surface area contributed by atoms with Crippen LogP contribution in [-0.2, 0) is 9.59 Å². The van der Waals surface area contributed by atoms with E-state index in [0.29, 0.717) is 13.0 Å². The first-order valence-electron chi connectivity index (χ1n) is 10.9. The fraction of sp³-hybridized carbons (Fsp3) is 0.739. The van der Waals surface area contributed by atoms with Gasteiger partial charge in [-0.1, -0.05) is 76.5 Å². The van der Waals surface area contributed by atoms with Crippen LogP contribution in [0.15, 0.2) is 24.8 Å². The molecule has 0 aliphatic carbocycles. The van der Waals surface area contributed by atoms with Gasteiger partial charge in [0.1, 0.15) is 6.54 Å². The van der Waals surface area contributed by atoms with Crippen LogP contribution in [0.2, 0.25) is 0 Å². The largest absolute Gasteiger partial charge is 0.480 e. The standard InChI is InChI=1S/C23H41NO3/c1-3-5-6-7-8-9-10-11-12-13-14-15-16-17-18-19-22(25)24(20-4-2)21-23(26)27/h4,11-12H,2-3,5-10,13-21H2,1H3,(H,26,27). The lowest BCUT2D eigenvalue weighted by Crippen LogP contribution is -2.35. The number of amides is 1. The van der Waals surface area contributed by atoms with Gasteiger partial charge in [-0.05, 0) is 32.1 Å². The van der Waals surface area contributed by atoms with Gasteiger partial charge in [0, 0.05) is 13.0 Å². The van der Waals surface area contributed by atoms with Crippen molar-refractivity contribution in [2.75, 3.05) is 13.1 Å². The molecular formula is C23H41NO3. The third kappa shape index (κ3) is 17.6. The minimum atomic E-state index is -0.977. The zero-order valence-corrected chi connectivity index (χ0v) is 17.5. The molecule has 156 valence electrons. The number of carbonyl (C=O) groups is 2. The molecule has 0 aliphatic rings. The van der Waals surface area contributed by atoms with Gasteiger partial charge >= 0.3 is 5.97 Å². The van der Waals surface area contributed by atoms with Crippen LogP contribution in [-0.4, -0.2) is 35.0 Å². The predicted octanol–water partition coefficient (Wildman–Crippen LogP) is 6.12. The number of allylic oxidation sites excluding steroid dienone is 2. The van der Waals surface area contributed by atoms with E-state index in [0.717, 1.165) is 25.7 Å². The van der Waals surface area contributed by atoms with Gasteiger partial charge in [-0.15, -0.1) is 6.58 Å². The zero-order valence-electron chi connectivity index (χ0n) is 17.5. The van der Waals surface area contributed by atoms with Gasteiger partial charge in [0.25, 0.3) is 0 Å². The molecule has 1 amide bonds. The van der Waals surface area contributed by atoms with Crippen LogP contribution < -0.4 is 0 Å². The molecular weight excluding hydrogens is 338 g/mol. The Morgan fingerprint density at radius 2 is 1.37 bits per heavy atom. The average Bonchev–Trinajstić information content (AvgIpc) is 2.64. The second-order valence-electron chi connectivity index (χ2n) is 7.29. The second-order valence-corrected chi connectivity index (χ2v) is 7.29. The van der Waals surface area contributed by atoms with Crippen LogP contribution in [0.3, 0.4) is 0 Å². The second kappa shape index (κ2) is 19.2. The first kappa shape index (κ1) is 25.4. The van der Waals surface area contributed by atoms with Crippen molar-refractivity contribution in [3.05, 3.63) is 24.8 Å². The third-order valence-electron chi connectivity index (χ3n) is 4.68. The van der Waals surface area contributed by atoms with E-state index in [2.05, 4.69) is 25.7 Å². The van der Waals surface area contributed by atoms with Crippen molar-refractivity contribution < 1.29 is 14.7 Å². The minimum Gasteiger partial charge on any atom is -0.480 e. The third-order valence-corrected chi connectivity index (χ3v) is 4.68. The Bertz CT molecular complexity index is 418. The Labute approximate surface area is 166 Å². The molecule has 1 N–H and O–H groups in total. The molecule has 0 atom stereocenters. The molecule has 0 rings (SSSR count). The van der Waals surface area contributed by atoms with E-state index in [1.807, 2.05) is 0 Å². The summed E-state index contributed by atoms with van der Waals surface area (Å²) >= 11 is 0. The Morgan fingerprint density at radius 3 is 1.89 bits per heavy atom. The lowest BCUT2D eigenvalue weighted by Gasteiger charge is -2.18. The molecule has 0 saturated carbocycles. The predicted molar refractivity (Wildman–Crippen MR) is 114 cm³/mol. The van der Waals surface area contributed by atoms with E-state index in [1.54, 1.807) is 6.08 Å². The normalized spacial score (nSPS) is 11.0. The Hall–Kier alpha value is -1.58. The number of carbonyl (C=O) groups excluding carboxylic acids is 1. The van der Waals surface area contributed by atoms with E-state index in [-0.39, 0.29) is 12.5 Å². The van der Waals surface area contributed by atoms with Crippen molar-refractivity contribution in [2.45, 2.75) is 96.8 Å². The molecule has 0 unspecified atom stereocenters. The monoisotopic (exact) mass is 379 g/mol. The Morgan fingerprint density at radius 1 is 0.852 bits per heavy atom. The lowest BCUT2D eigenvalue weighted by molar-refractivity contribution is -0.144. The summed E-state index contributed by atoms with van der Waals surface area (Å²) in [6.07, 6.45) is 22.6. The smallest absolute Gasteiger partial charge is 0.323 e. The van der Waals surface area contributed by atoms with Crippen LogP contribution in [0.25, 0.3) is 0 Å². The fourth-order valence-corrected chi connectivity index (χ4v) is 3.08. The Balaban J connectivity index is 3.50. The molecule has 27 heavy (non-hydrogen) atoms. The first-order chi connectivity index (χ1) is 13.1. The number of carboxylic acid groups (broad SMARTS) is 1. The zero-order chi connectivity index (χ0) is 20.2. The number of nitrogens with zero attached hydrogens (tertiary/aromatic N) is 1. The van der Waals surface area contributed by atoms with E-state index in [1.165, 1.54) is 62.7 Å². The molecule has 0 aromatic heterocycles. The van der Waals surface area contributed by atoms with Gasteiger partial charge in [0.05, 0.1) is 0 Å². The molecule has 0 fully saturated rings. The van der Waals surface area contributed by atoms with Crippen molar-refractivity contribution in [1.82, 2.24) is 4.90 Å². The summed E-state index contributed by atoms with van der Waals surface area (Å²) < 4.78 is 0. The number of hydrogen-bond acceptors (Lipinski definition) is 2. The summed E-state index contributed by atoms with van der Waals surface area (Å²) in [5.74, 6) is -1.07. The van der Waals surface area contributed by atoms with Gasteiger partial charge in [0.15, 0.2) is 0 Å². The number of aliphatic carboxylic acids is 1. The molecule has 0 spiro atoms. The molecule has 0 aromatic rings. The summed E-state index contributed by atoms with van der Waals surface area (Å²) in [5, 5.41) is 8.83. The first-order valence-corrected chi connectivity index (χ1v) is 10.9. The summed E-state index contributed by atoms with van der Waals surface area (Å²) in [6.45, 7) is 5.89. The highest BCUT2D eigenvalue weighted by Gasteiger charge is 2.14. The summed E-state index contributed by atoms with van der Waals surface area (Å²) in [7, 11) is 0. The summed E-state index contributed by atoms with van der Waals surface area (Å²) in [4.78, 5) is 24.1. The van der Waals surface area contributed by atoms with Gasteiger partial charge in [-0.25, -0.2) is 0 Å². The lowest BCUT2D eigenvalue weighted by atomic mass is 10.1. The number of rotatable bonds is 19. The van der Waals surface area contributed by atoms with Crippen LogP contribution in [0, 0.1) is 0 Å². The maximum Gasteiger partial charge on any atom is 0.323 e. The number of unbranched alkanes of at least 4 members (excludes halogenated alkanes) is 11. The molecule has 4 nitrogen and oxygen atoms in total. The quantitative estimate of drug-likeness (QED) is 0.217. The fourth-order valence-electron chi connectivity index (χ4n) is 3.08. The summed E-state index contributed by atoms with van der Waals surface area (Å²) in [5.41, 5.74) is 0. The molecule has 0 saturated heterocycles. The summed E-state index contributed by atoms with van der Waals surface area (Å²) in [6, 6.07) is 0. The van der Waals surface area contributed by atoms with Gasteiger partial charge in [0.2, 0.25) is 5.91 Å². The highest BCUT2D eigenvalue weighted by Crippen LogP contribution is 2.10. The van der Waals surface area contributed by atoms with Crippen LogP contribution in [0.1, 0.15) is 96.8 Å². The van der Waals surface area contributed by atoms with Crippen LogP contribution >= 0.6 is 0 Å². The SMILES string of the molecule is C=CCN(CC(=O)O)C(=O)CCCCCCCC=CCCCCCCCC. The molecule has 0 bridgehead atoms. The van der Waals surface area contributed by atoms with Crippen molar-refractivity contribution in [3.8, 4) is 0 Å². The van der Waals surface area contributed by atoms with E-state index in [9.17, 15) is 9.59 Å². The molecule has 4 heteroatoms. The van der Waals surface area contributed by atoms with Crippen LogP contribution in [0.4, 0.5) is 0 Å². The topological polar surface area (TPSA) is 57.6 Å². The van der Waals surface area contributed by atoms with Gasteiger partial charge in [-0.2, -0.15) is 0 Å². The Kier molecular flexibility index (Phi) is 18.1. The van der Waals surface area contributed by atoms with Crippen molar-refractivity contribution in [2.24, 2.45) is 0 Å². The highest BCUT2D eigenvalue weighted by molar-refractivity contribution is 5.81. The van der Waals surface area contributed by atoms with E-state index < -0.39 is 5.97 Å². The molecule has 0 aliphatic heterocycles. The van der Waals surface area contributed by atoms with E-state index in [4.69, 9.17) is 5.11 Å². The highest BCUT2D eigenvalue weighted by atomic mass is 16.4. The molecule has 0 aromatic carbocycles. The van der Waals surface area contributed by atoms with Crippen LogP contribution in [0.5, 0.6) is 0 Å². The maximum atomic E-state index is 12.0. The van der Waals surface area contributed by atoms with Crippen molar-refractivity contribution in [1.29, 1.82) is 0 Å². The van der Waals surface area contributed by atoms with Crippen molar-refractivity contribution >= 4 is 11.9 Å². The molecule has 0 heterocycles. The van der Waals surface area contributed by atoms with E-state index >= 15 is 0 Å². The maximum absolute atomic E-state index is 12.0. The van der Waals surface area contributed by atoms with Gasteiger partial charge < -0.3 is 10.0 Å². The number of hydrogen-bond donors (Lipinski definition) is 1. The minimum absolute atomic E-state index is 0.0880. The van der Waals surface area contributed by atoms with Crippen molar-refractivity contribution in [3.63, 3.8) is 0 Å². The average molecular weight is 380 g/mol. The van der Waals surface area contributed by atoms with Gasteiger partial charge in [-0.3, -0.25) is 9.59 Å². The number of carboxylic acids is 1.